The third-order valence-corrected chi connectivity index (χ3v) is 2.72. The summed E-state index contributed by atoms with van der Waals surface area (Å²) in [6.45, 7) is 0. The lowest BCUT2D eigenvalue weighted by Gasteiger charge is -2.06. The van der Waals surface area contributed by atoms with Crippen LogP contribution >= 0.6 is 0 Å². The first-order chi connectivity index (χ1) is 7.30. The monoisotopic (exact) mass is 208 g/mol. The lowest BCUT2D eigenvalue weighted by atomic mass is 10.0. The van der Waals surface area contributed by atoms with Crippen molar-refractivity contribution in [3.8, 4) is 0 Å². The van der Waals surface area contributed by atoms with E-state index < -0.39 is 5.97 Å². The van der Waals surface area contributed by atoms with Gasteiger partial charge in [-0.2, -0.15) is 0 Å². The summed E-state index contributed by atoms with van der Waals surface area (Å²) in [7, 11) is 0. The summed E-state index contributed by atoms with van der Waals surface area (Å²) in [5, 5.41) is 8.47. The van der Waals surface area contributed by atoms with E-state index in [1.807, 2.05) is 6.08 Å². The van der Waals surface area contributed by atoms with Crippen LogP contribution in [0.5, 0.6) is 0 Å². The normalized spacial score (nSPS) is 19.9. The van der Waals surface area contributed by atoms with Crippen molar-refractivity contribution in [2.24, 2.45) is 0 Å². The van der Waals surface area contributed by atoms with Crippen molar-refractivity contribution in [3.63, 3.8) is 0 Å². The third kappa shape index (κ3) is 5.40. The maximum atomic E-state index is 10.3. The summed E-state index contributed by atoms with van der Waals surface area (Å²) in [5.74, 6) is -0.741. The zero-order chi connectivity index (χ0) is 10.9. The molecule has 0 unspecified atom stereocenters. The highest BCUT2D eigenvalue weighted by Crippen LogP contribution is 2.16. The van der Waals surface area contributed by atoms with Gasteiger partial charge in [-0.15, -0.1) is 0 Å². The summed E-state index contributed by atoms with van der Waals surface area (Å²) in [6.07, 6.45) is 15.7. The van der Waals surface area contributed by atoms with E-state index in [2.05, 4.69) is 12.2 Å². The predicted octanol–water partition coefficient (Wildman–Crippen LogP) is 3.69. The number of allylic oxidation sites excluding steroid dienone is 3. The Hall–Kier alpha value is -1.05. The van der Waals surface area contributed by atoms with Crippen molar-refractivity contribution in [1.29, 1.82) is 0 Å². The van der Waals surface area contributed by atoms with Crippen LogP contribution in [-0.2, 0) is 4.79 Å². The van der Waals surface area contributed by atoms with Crippen LogP contribution in [0.2, 0.25) is 0 Å². The number of carboxylic acid groups (broad SMARTS) is 1. The highest BCUT2D eigenvalue weighted by atomic mass is 16.4. The lowest BCUT2D eigenvalue weighted by molar-refractivity contribution is -0.132. The number of carbonyl (C=O) groups is 1. The Kier molecular flexibility index (Phi) is 5.83. The van der Waals surface area contributed by atoms with Gasteiger partial charge in [0.2, 0.25) is 0 Å². The van der Waals surface area contributed by atoms with Crippen molar-refractivity contribution in [2.45, 2.75) is 51.4 Å². The lowest BCUT2D eigenvalue weighted by Crippen LogP contribution is -2.03. The average Bonchev–Trinajstić information content (AvgIpc) is 2.33. The molecule has 2 aliphatic rings. The fraction of sp³-hybridized carbons (Fsp3) is 0.615. The summed E-state index contributed by atoms with van der Waals surface area (Å²) in [5.41, 5.74) is 0.598. The van der Waals surface area contributed by atoms with Gasteiger partial charge in [0.05, 0.1) is 0 Å². The first kappa shape index (κ1) is 12.0. The van der Waals surface area contributed by atoms with Gasteiger partial charge in [-0.1, -0.05) is 18.2 Å². The van der Waals surface area contributed by atoms with Crippen LogP contribution in [0, 0.1) is 0 Å². The van der Waals surface area contributed by atoms with Crippen molar-refractivity contribution >= 4 is 5.97 Å². The van der Waals surface area contributed by atoms with Crippen LogP contribution in [0.4, 0.5) is 0 Å². The topological polar surface area (TPSA) is 37.3 Å². The van der Waals surface area contributed by atoms with Crippen LogP contribution < -0.4 is 0 Å². The molecule has 1 N–H and O–H groups in total. The van der Waals surface area contributed by atoms with E-state index in [9.17, 15) is 4.79 Å². The van der Waals surface area contributed by atoms with Gasteiger partial charge in [0, 0.05) is 5.57 Å². The van der Waals surface area contributed by atoms with Crippen LogP contribution in [-0.4, -0.2) is 11.1 Å². The van der Waals surface area contributed by atoms with E-state index in [-0.39, 0.29) is 0 Å². The molecule has 15 heavy (non-hydrogen) atoms. The molecule has 0 atom stereocenters. The molecule has 2 rings (SSSR count). The smallest absolute Gasteiger partial charge is 0.331 e. The Labute approximate surface area is 91.7 Å². The molecule has 84 valence electrons. The van der Waals surface area contributed by atoms with Gasteiger partial charge < -0.3 is 5.11 Å². The van der Waals surface area contributed by atoms with Gasteiger partial charge in [0.1, 0.15) is 0 Å². The summed E-state index contributed by atoms with van der Waals surface area (Å²) < 4.78 is 0. The molecule has 2 aliphatic carbocycles. The fourth-order valence-corrected chi connectivity index (χ4v) is 1.79. The van der Waals surface area contributed by atoms with Crippen LogP contribution in [0.15, 0.2) is 23.8 Å². The van der Waals surface area contributed by atoms with Gasteiger partial charge in [-0.05, 0) is 51.4 Å². The molecule has 0 aromatic heterocycles. The van der Waals surface area contributed by atoms with Gasteiger partial charge in [0.15, 0.2) is 0 Å². The summed E-state index contributed by atoms with van der Waals surface area (Å²) in [4.78, 5) is 10.3. The number of aliphatic carboxylic acids is 1. The number of carboxylic acids is 1. The van der Waals surface area contributed by atoms with Crippen LogP contribution in [0.3, 0.4) is 0 Å². The molecule has 0 fully saturated rings. The Morgan fingerprint density at radius 3 is 1.87 bits per heavy atom. The van der Waals surface area contributed by atoms with Gasteiger partial charge in [0.25, 0.3) is 0 Å². The van der Waals surface area contributed by atoms with Gasteiger partial charge >= 0.3 is 5.97 Å². The minimum absolute atomic E-state index is 0.598. The first-order valence-corrected chi connectivity index (χ1v) is 5.88. The van der Waals surface area contributed by atoms with E-state index in [1.54, 1.807) is 0 Å². The molecule has 0 saturated carbocycles. The Morgan fingerprint density at radius 1 is 1.00 bits per heavy atom. The van der Waals surface area contributed by atoms with Crippen molar-refractivity contribution < 1.29 is 9.90 Å². The highest BCUT2D eigenvalue weighted by Gasteiger charge is 2.08. The third-order valence-electron chi connectivity index (χ3n) is 2.72. The molecule has 0 saturated heterocycles. The number of hydrogen-bond acceptors (Lipinski definition) is 1. The standard InChI is InChI=1S/C7H10O2.C6H10/c8-7(9)6-4-2-1-3-5-6;1-2-4-6-5-3-1/h4H,1-3,5H2,(H,8,9);1-2H,3-6H2. The molecule has 0 radical (unpaired) electrons. The van der Waals surface area contributed by atoms with Crippen molar-refractivity contribution in [1.82, 2.24) is 0 Å². The summed E-state index contributed by atoms with van der Waals surface area (Å²) >= 11 is 0. The second kappa shape index (κ2) is 7.27. The molecular weight excluding hydrogens is 188 g/mol. The first-order valence-electron chi connectivity index (χ1n) is 5.88. The molecule has 0 amide bonds. The van der Waals surface area contributed by atoms with E-state index in [1.165, 1.54) is 25.7 Å². The molecule has 0 aromatic carbocycles. The average molecular weight is 208 g/mol. The maximum absolute atomic E-state index is 10.3. The zero-order valence-electron chi connectivity index (χ0n) is 9.24. The van der Waals surface area contributed by atoms with Gasteiger partial charge in [-0.3, -0.25) is 0 Å². The second-order valence-electron chi connectivity index (χ2n) is 4.04. The minimum atomic E-state index is -0.741. The summed E-state index contributed by atoms with van der Waals surface area (Å²) in [6, 6.07) is 0. The second-order valence-corrected chi connectivity index (χ2v) is 4.04. The molecule has 0 heterocycles. The largest absolute Gasteiger partial charge is 0.478 e. The molecule has 0 aliphatic heterocycles. The Bertz CT molecular complexity index is 243. The number of rotatable bonds is 1. The molecule has 2 nitrogen and oxygen atoms in total. The Balaban J connectivity index is 0.000000162. The highest BCUT2D eigenvalue weighted by molar-refractivity contribution is 5.86. The van der Waals surface area contributed by atoms with Crippen LogP contribution in [0.25, 0.3) is 0 Å². The Morgan fingerprint density at radius 2 is 1.60 bits per heavy atom. The molecule has 2 heteroatoms. The van der Waals surface area contributed by atoms with E-state index >= 15 is 0 Å². The molecular formula is C13H20O2. The predicted molar refractivity (Wildman–Crippen MR) is 61.8 cm³/mol. The van der Waals surface area contributed by atoms with Crippen molar-refractivity contribution in [3.05, 3.63) is 23.8 Å². The maximum Gasteiger partial charge on any atom is 0.331 e. The fourth-order valence-electron chi connectivity index (χ4n) is 1.79. The van der Waals surface area contributed by atoms with E-state index in [0.29, 0.717) is 5.57 Å². The molecule has 0 spiro atoms. The van der Waals surface area contributed by atoms with E-state index in [4.69, 9.17) is 5.11 Å². The quantitative estimate of drug-likeness (QED) is 0.667. The zero-order valence-corrected chi connectivity index (χ0v) is 9.24. The van der Waals surface area contributed by atoms with E-state index in [0.717, 1.165) is 25.7 Å². The SMILES string of the molecule is C1=CCCCC1.O=C(O)C1=CCCCC1. The van der Waals surface area contributed by atoms with Crippen molar-refractivity contribution in [2.75, 3.05) is 0 Å². The number of hydrogen-bond donors (Lipinski definition) is 1. The van der Waals surface area contributed by atoms with Crippen LogP contribution in [0.1, 0.15) is 51.4 Å². The molecule has 0 aromatic rings. The minimum Gasteiger partial charge on any atom is -0.478 e. The molecule has 0 bridgehead atoms. The van der Waals surface area contributed by atoms with Gasteiger partial charge in [-0.25, -0.2) is 4.79 Å².